The topological polar surface area (TPSA) is 72.9 Å². The van der Waals surface area contributed by atoms with E-state index in [9.17, 15) is 14.4 Å². The lowest BCUT2D eigenvalue weighted by molar-refractivity contribution is -0.147. The first-order valence-corrected chi connectivity index (χ1v) is 12.3. The monoisotopic (exact) mass is 525 g/mol. The summed E-state index contributed by atoms with van der Waals surface area (Å²) in [6.45, 7) is 2.72. The minimum Gasteiger partial charge on any atom is -0.458 e. The van der Waals surface area contributed by atoms with E-state index in [1.165, 1.54) is 13.8 Å². The molecule has 1 fully saturated rings. The predicted octanol–water partition coefficient (Wildman–Crippen LogP) is 6.50. The quantitative estimate of drug-likeness (QED) is 0.190. The average molecular weight is 526 g/mol. The van der Waals surface area contributed by atoms with Crippen LogP contribution in [-0.4, -0.2) is 23.9 Å². The Balaban J connectivity index is 1.60. The molecule has 0 aliphatic carbocycles. The van der Waals surface area contributed by atoms with Gasteiger partial charge in [0.25, 0.3) is 0 Å². The number of nitrogens with zero attached hydrogens (tertiary/aromatic N) is 1. The van der Waals surface area contributed by atoms with E-state index in [4.69, 9.17) is 32.7 Å². The zero-order chi connectivity index (χ0) is 25.8. The van der Waals surface area contributed by atoms with Crippen LogP contribution in [0.5, 0.6) is 5.75 Å². The van der Waals surface area contributed by atoms with E-state index in [2.05, 4.69) is 0 Å². The van der Waals surface area contributed by atoms with Gasteiger partial charge in [0, 0.05) is 29.6 Å². The summed E-state index contributed by atoms with van der Waals surface area (Å²) in [5, 5.41) is 1.18. The second-order valence-electron chi connectivity index (χ2n) is 8.62. The molecule has 0 bridgehead atoms. The zero-order valence-electron chi connectivity index (χ0n) is 19.8. The Morgan fingerprint density at radius 3 is 2.00 bits per heavy atom. The van der Waals surface area contributed by atoms with Gasteiger partial charge in [0.1, 0.15) is 11.9 Å². The van der Waals surface area contributed by atoms with Crippen LogP contribution in [0.2, 0.25) is 10.0 Å². The third-order valence-corrected chi connectivity index (χ3v) is 6.60. The number of halogens is 2. The summed E-state index contributed by atoms with van der Waals surface area (Å²) < 4.78 is 10.7. The van der Waals surface area contributed by atoms with E-state index < -0.39 is 18.0 Å². The molecule has 0 saturated carbocycles. The molecule has 0 aromatic heterocycles. The van der Waals surface area contributed by atoms with Gasteiger partial charge in [-0.3, -0.25) is 14.4 Å². The highest BCUT2D eigenvalue weighted by Crippen LogP contribution is 2.43. The molecule has 3 aromatic carbocycles. The van der Waals surface area contributed by atoms with Crippen molar-refractivity contribution in [2.24, 2.45) is 0 Å². The van der Waals surface area contributed by atoms with Crippen molar-refractivity contribution in [2.75, 3.05) is 4.90 Å². The molecule has 186 valence electrons. The van der Waals surface area contributed by atoms with Crippen LogP contribution in [0, 0.1) is 0 Å². The second-order valence-corrected chi connectivity index (χ2v) is 9.49. The van der Waals surface area contributed by atoms with Crippen LogP contribution in [0.25, 0.3) is 0 Å². The molecule has 1 aliphatic heterocycles. The Morgan fingerprint density at radius 1 is 0.861 bits per heavy atom. The van der Waals surface area contributed by atoms with Gasteiger partial charge >= 0.3 is 11.9 Å². The number of β-lactam (4-membered cyclic amide) rings is 1. The molecule has 3 atom stereocenters. The molecule has 0 N–H and O–H groups in total. The van der Waals surface area contributed by atoms with E-state index >= 15 is 0 Å². The minimum atomic E-state index is -0.477. The molecule has 0 radical (unpaired) electrons. The van der Waals surface area contributed by atoms with Crippen molar-refractivity contribution in [3.05, 3.63) is 94.0 Å². The molecule has 4 rings (SSSR count). The molecule has 1 heterocycles. The fraction of sp³-hybridized carbons (Fsp3) is 0.250. The number of benzene rings is 3. The van der Waals surface area contributed by atoms with E-state index in [1.807, 2.05) is 24.3 Å². The number of hydrogen-bond donors (Lipinski definition) is 0. The van der Waals surface area contributed by atoms with E-state index in [-0.39, 0.29) is 17.9 Å². The fourth-order valence-corrected chi connectivity index (χ4v) is 4.78. The zero-order valence-corrected chi connectivity index (χ0v) is 21.3. The number of anilines is 1. The maximum absolute atomic E-state index is 13.4. The minimum absolute atomic E-state index is 0.0434. The largest absolute Gasteiger partial charge is 0.458 e. The lowest BCUT2D eigenvalue weighted by atomic mass is 9.78. The van der Waals surface area contributed by atoms with E-state index in [1.54, 1.807) is 53.4 Å². The van der Waals surface area contributed by atoms with Crippen molar-refractivity contribution in [3.8, 4) is 5.75 Å². The molecule has 3 aromatic rings. The first-order chi connectivity index (χ1) is 17.2. The highest BCUT2D eigenvalue weighted by Gasteiger charge is 2.48. The number of ether oxygens (including phenoxy) is 2. The smallest absolute Gasteiger partial charge is 0.308 e. The van der Waals surface area contributed by atoms with E-state index in [0.29, 0.717) is 28.6 Å². The van der Waals surface area contributed by atoms with Gasteiger partial charge in [-0.25, -0.2) is 0 Å². The van der Waals surface area contributed by atoms with Gasteiger partial charge in [0.05, 0.1) is 12.0 Å². The first-order valence-electron chi connectivity index (χ1n) is 11.5. The van der Waals surface area contributed by atoms with Gasteiger partial charge in [0.15, 0.2) is 0 Å². The number of carbonyl (C=O) groups excluding carboxylic acids is 3. The molecule has 36 heavy (non-hydrogen) atoms. The molecule has 6 nitrogen and oxygen atoms in total. The Hall–Kier alpha value is -3.35. The maximum Gasteiger partial charge on any atom is 0.308 e. The van der Waals surface area contributed by atoms with Crippen LogP contribution in [0.3, 0.4) is 0 Å². The van der Waals surface area contributed by atoms with Gasteiger partial charge in [-0.2, -0.15) is 0 Å². The van der Waals surface area contributed by atoms with Crippen molar-refractivity contribution in [2.45, 2.75) is 44.8 Å². The SMILES string of the molecule is CC(=O)Oc1ccc([C@H]2C(=O)N(c3ccc(Cl)cc3)[C@H]2CC[C@@H](OC(C)=O)c2ccc(Cl)cc2)cc1. The van der Waals surface area contributed by atoms with Gasteiger partial charge < -0.3 is 14.4 Å². The van der Waals surface area contributed by atoms with Crippen molar-refractivity contribution < 1.29 is 23.9 Å². The summed E-state index contributed by atoms with van der Waals surface area (Å²) in [5.41, 5.74) is 2.40. The number of carbonyl (C=O) groups is 3. The molecule has 0 unspecified atom stereocenters. The Morgan fingerprint density at radius 2 is 1.44 bits per heavy atom. The fourth-order valence-electron chi connectivity index (χ4n) is 4.53. The summed E-state index contributed by atoms with van der Waals surface area (Å²) in [4.78, 5) is 38.2. The number of rotatable bonds is 8. The maximum atomic E-state index is 13.4. The Kier molecular flexibility index (Phi) is 7.97. The van der Waals surface area contributed by atoms with Crippen LogP contribution in [-0.2, 0) is 19.1 Å². The number of amides is 1. The lowest BCUT2D eigenvalue weighted by Gasteiger charge is -2.48. The van der Waals surface area contributed by atoms with Crippen LogP contribution in [0.1, 0.15) is 49.8 Å². The van der Waals surface area contributed by atoms with Crippen molar-refractivity contribution >= 4 is 46.7 Å². The molecular weight excluding hydrogens is 501 g/mol. The van der Waals surface area contributed by atoms with Gasteiger partial charge in [-0.05, 0) is 72.5 Å². The molecule has 8 heteroatoms. The summed E-state index contributed by atoms with van der Waals surface area (Å²) in [7, 11) is 0. The summed E-state index contributed by atoms with van der Waals surface area (Å²) in [6, 6.07) is 21.1. The Labute approximate surface area is 219 Å². The summed E-state index contributed by atoms with van der Waals surface area (Å²) in [5.74, 6) is -0.810. The molecule has 0 spiro atoms. The average Bonchev–Trinajstić information content (AvgIpc) is 2.83. The molecule has 1 saturated heterocycles. The third-order valence-electron chi connectivity index (χ3n) is 6.10. The third kappa shape index (κ3) is 5.89. The normalized spacial score (nSPS) is 17.8. The van der Waals surface area contributed by atoms with Crippen LogP contribution in [0.15, 0.2) is 72.8 Å². The standard InChI is InChI=1S/C28H25Cl2NO5/c1-17(32)35-24-13-5-20(6-14-24)27-25(31(28(27)34)23-11-9-22(30)10-12-23)15-16-26(36-18(2)33)19-3-7-21(29)8-4-19/h3-14,25-27H,15-16H2,1-2H3/t25-,26+,27+/m0/s1. The first kappa shape index (κ1) is 25.7. The highest BCUT2D eigenvalue weighted by molar-refractivity contribution is 6.30. The molecule has 1 amide bonds. The van der Waals surface area contributed by atoms with Crippen LogP contribution in [0.4, 0.5) is 5.69 Å². The summed E-state index contributed by atoms with van der Waals surface area (Å²) >= 11 is 12.1. The van der Waals surface area contributed by atoms with Crippen molar-refractivity contribution in [3.63, 3.8) is 0 Å². The van der Waals surface area contributed by atoms with Crippen LogP contribution < -0.4 is 9.64 Å². The van der Waals surface area contributed by atoms with E-state index in [0.717, 1.165) is 16.8 Å². The lowest BCUT2D eigenvalue weighted by Crippen LogP contribution is -2.59. The molecular formula is C28H25Cl2NO5. The molecule has 1 aliphatic rings. The number of hydrogen-bond acceptors (Lipinski definition) is 5. The van der Waals surface area contributed by atoms with Crippen molar-refractivity contribution in [1.29, 1.82) is 0 Å². The second kappa shape index (κ2) is 11.1. The van der Waals surface area contributed by atoms with Crippen LogP contribution >= 0.6 is 23.2 Å². The predicted molar refractivity (Wildman–Crippen MR) is 138 cm³/mol. The highest BCUT2D eigenvalue weighted by atomic mass is 35.5. The van der Waals surface area contributed by atoms with Gasteiger partial charge in [-0.1, -0.05) is 47.5 Å². The Bertz CT molecular complexity index is 1240. The summed E-state index contributed by atoms with van der Waals surface area (Å²) in [6.07, 6.45) is 0.603. The van der Waals surface area contributed by atoms with Gasteiger partial charge in [-0.15, -0.1) is 0 Å². The number of esters is 2. The van der Waals surface area contributed by atoms with Gasteiger partial charge in [0.2, 0.25) is 5.91 Å². The van der Waals surface area contributed by atoms with Crippen molar-refractivity contribution in [1.82, 2.24) is 0 Å².